The zero-order valence-corrected chi connectivity index (χ0v) is 14.9. The van der Waals surface area contributed by atoms with Gasteiger partial charge in [0.15, 0.2) is 0 Å². The van der Waals surface area contributed by atoms with Crippen LogP contribution in [0.15, 0.2) is 72.8 Å². The van der Waals surface area contributed by atoms with Gasteiger partial charge in [0.2, 0.25) is 5.95 Å². The van der Waals surface area contributed by atoms with Gasteiger partial charge >= 0.3 is 0 Å². The van der Waals surface area contributed by atoms with Crippen LogP contribution in [0.4, 0.5) is 21.8 Å². The van der Waals surface area contributed by atoms with E-state index in [1.54, 1.807) is 12.1 Å². The summed E-state index contributed by atoms with van der Waals surface area (Å²) in [6.45, 7) is 2.60. The van der Waals surface area contributed by atoms with Gasteiger partial charge in [-0.3, -0.25) is 0 Å². The Morgan fingerprint density at radius 1 is 0.852 bits per heavy atom. The molecule has 0 atom stereocenters. The van der Waals surface area contributed by atoms with E-state index in [2.05, 4.69) is 20.6 Å². The first-order valence-corrected chi connectivity index (χ1v) is 8.76. The lowest BCUT2D eigenvalue weighted by atomic mass is 10.2. The van der Waals surface area contributed by atoms with E-state index < -0.39 is 0 Å². The average Bonchev–Trinajstić information content (AvgIpc) is 2.69. The SMILES string of the molecule is Cc1ccc(Nc2nc(NCc3ccc(F)cc3)c3ccccc3n2)cc1. The molecule has 0 bridgehead atoms. The van der Waals surface area contributed by atoms with Gasteiger partial charge in [-0.2, -0.15) is 4.98 Å². The van der Waals surface area contributed by atoms with Crippen LogP contribution in [0, 0.1) is 12.7 Å². The van der Waals surface area contributed by atoms with E-state index in [4.69, 9.17) is 0 Å². The van der Waals surface area contributed by atoms with Crippen LogP contribution >= 0.6 is 0 Å². The van der Waals surface area contributed by atoms with E-state index >= 15 is 0 Å². The van der Waals surface area contributed by atoms with Crippen molar-refractivity contribution in [2.45, 2.75) is 13.5 Å². The lowest BCUT2D eigenvalue weighted by Crippen LogP contribution is -2.05. The maximum absolute atomic E-state index is 13.1. The Morgan fingerprint density at radius 3 is 2.37 bits per heavy atom. The molecule has 4 rings (SSSR count). The van der Waals surface area contributed by atoms with Crippen molar-refractivity contribution in [2.24, 2.45) is 0 Å². The summed E-state index contributed by atoms with van der Waals surface area (Å²) in [7, 11) is 0. The quantitative estimate of drug-likeness (QED) is 0.499. The number of aromatic nitrogens is 2. The summed E-state index contributed by atoms with van der Waals surface area (Å²) in [6.07, 6.45) is 0. The first-order chi connectivity index (χ1) is 13.2. The molecular weight excluding hydrogens is 339 g/mol. The van der Waals surface area contributed by atoms with E-state index in [-0.39, 0.29) is 5.82 Å². The number of rotatable bonds is 5. The number of para-hydroxylation sites is 1. The molecular formula is C22H19FN4. The van der Waals surface area contributed by atoms with E-state index in [9.17, 15) is 4.39 Å². The molecule has 0 spiro atoms. The highest BCUT2D eigenvalue weighted by atomic mass is 19.1. The number of fused-ring (bicyclic) bond motifs is 1. The van der Waals surface area contributed by atoms with Gasteiger partial charge in [-0.1, -0.05) is 42.0 Å². The molecule has 1 heterocycles. The maximum Gasteiger partial charge on any atom is 0.229 e. The number of nitrogens with zero attached hydrogens (tertiary/aromatic N) is 2. The fourth-order valence-corrected chi connectivity index (χ4v) is 2.82. The fraction of sp³-hybridized carbons (Fsp3) is 0.0909. The lowest BCUT2D eigenvalue weighted by molar-refractivity contribution is 0.627. The number of aryl methyl sites for hydroxylation is 1. The summed E-state index contributed by atoms with van der Waals surface area (Å²) in [5.74, 6) is 1.02. The molecule has 0 saturated heterocycles. The van der Waals surface area contributed by atoms with Crippen LogP contribution in [-0.4, -0.2) is 9.97 Å². The Bertz CT molecular complexity index is 1060. The van der Waals surface area contributed by atoms with E-state index in [0.717, 1.165) is 28.0 Å². The van der Waals surface area contributed by atoms with Gasteiger partial charge < -0.3 is 10.6 Å². The van der Waals surface area contributed by atoms with Gasteiger partial charge in [0, 0.05) is 17.6 Å². The first kappa shape index (κ1) is 17.0. The number of hydrogen-bond acceptors (Lipinski definition) is 4. The second-order valence-electron chi connectivity index (χ2n) is 6.38. The fourth-order valence-electron chi connectivity index (χ4n) is 2.82. The minimum atomic E-state index is -0.240. The standard InChI is InChI=1S/C22H19FN4/c1-15-6-12-18(13-7-15)25-22-26-20-5-3-2-4-19(20)21(27-22)24-14-16-8-10-17(23)11-9-16/h2-13H,14H2,1H3,(H2,24,25,26,27). The summed E-state index contributed by atoms with van der Waals surface area (Å²) >= 11 is 0. The number of nitrogens with one attached hydrogen (secondary N) is 2. The molecule has 4 aromatic rings. The predicted molar refractivity (Wildman–Crippen MR) is 108 cm³/mol. The number of halogens is 1. The molecule has 4 nitrogen and oxygen atoms in total. The summed E-state index contributed by atoms with van der Waals surface area (Å²) in [5.41, 5.74) is 3.96. The zero-order valence-electron chi connectivity index (χ0n) is 14.9. The van der Waals surface area contributed by atoms with Gasteiger partial charge in [-0.05, 0) is 48.9 Å². The summed E-state index contributed by atoms with van der Waals surface area (Å²) in [6, 6.07) is 22.4. The van der Waals surface area contributed by atoms with Crippen LogP contribution in [0.2, 0.25) is 0 Å². The topological polar surface area (TPSA) is 49.8 Å². The van der Waals surface area contributed by atoms with Crippen LogP contribution in [0.5, 0.6) is 0 Å². The molecule has 27 heavy (non-hydrogen) atoms. The van der Waals surface area contributed by atoms with Crippen molar-refractivity contribution < 1.29 is 4.39 Å². The monoisotopic (exact) mass is 358 g/mol. The minimum absolute atomic E-state index is 0.240. The van der Waals surface area contributed by atoms with Crippen molar-refractivity contribution in [3.05, 3.63) is 89.7 Å². The molecule has 0 fully saturated rings. The molecule has 0 radical (unpaired) electrons. The Balaban J connectivity index is 1.63. The minimum Gasteiger partial charge on any atom is -0.365 e. The molecule has 0 aliphatic heterocycles. The van der Waals surface area contributed by atoms with Gasteiger partial charge in [0.05, 0.1) is 5.52 Å². The second kappa shape index (κ2) is 7.41. The Hall–Kier alpha value is -3.47. The highest BCUT2D eigenvalue weighted by Gasteiger charge is 2.08. The highest BCUT2D eigenvalue weighted by Crippen LogP contribution is 2.24. The van der Waals surface area contributed by atoms with Crippen molar-refractivity contribution >= 4 is 28.4 Å². The molecule has 2 N–H and O–H groups in total. The van der Waals surface area contributed by atoms with Crippen molar-refractivity contribution in [1.82, 2.24) is 9.97 Å². The normalized spacial score (nSPS) is 10.7. The zero-order chi connectivity index (χ0) is 18.6. The van der Waals surface area contributed by atoms with E-state index in [1.807, 2.05) is 55.5 Å². The number of anilines is 3. The molecule has 5 heteroatoms. The third kappa shape index (κ3) is 4.03. The van der Waals surface area contributed by atoms with Crippen LogP contribution in [0.3, 0.4) is 0 Å². The van der Waals surface area contributed by atoms with Gasteiger partial charge in [-0.15, -0.1) is 0 Å². The molecule has 0 saturated carbocycles. The third-order valence-corrected chi connectivity index (χ3v) is 4.28. The Kier molecular flexibility index (Phi) is 4.66. The van der Waals surface area contributed by atoms with Crippen molar-refractivity contribution in [1.29, 1.82) is 0 Å². The lowest BCUT2D eigenvalue weighted by Gasteiger charge is -2.12. The molecule has 0 unspecified atom stereocenters. The first-order valence-electron chi connectivity index (χ1n) is 8.76. The molecule has 0 aliphatic rings. The molecule has 1 aromatic heterocycles. The molecule has 0 amide bonds. The largest absolute Gasteiger partial charge is 0.365 e. The van der Waals surface area contributed by atoms with Crippen LogP contribution in [-0.2, 0) is 6.54 Å². The molecule has 0 aliphatic carbocycles. The van der Waals surface area contributed by atoms with Crippen LogP contribution in [0.25, 0.3) is 10.9 Å². The van der Waals surface area contributed by atoms with Crippen molar-refractivity contribution in [2.75, 3.05) is 10.6 Å². The van der Waals surface area contributed by atoms with Gasteiger partial charge in [0.1, 0.15) is 11.6 Å². The summed E-state index contributed by atoms with van der Waals surface area (Å²) in [4.78, 5) is 9.25. The van der Waals surface area contributed by atoms with Gasteiger partial charge in [0.25, 0.3) is 0 Å². The molecule has 134 valence electrons. The Morgan fingerprint density at radius 2 is 1.59 bits per heavy atom. The number of hydrogen-bond donors (Lipinski definition) is 2. The van der Waals surface area contributed by atoms with Crippen LogP contribution < -0.4 is 10.6 Å². The summed E-state index contributed by atoms with van der Waals surface area (Å²) in [5, 5.41) is 7.54. The molecule has 3 aromatic carbocycles. The van der Waals surface area contributed by atoms with Crippen LogP contribution in [0.1, 0.15) is 11.1 Å². The van der Waals surface area contributed by atoms with Gasteiger partial charge in [-0.25, -0.2) is 9.37 Å². The Labute approximate surface area is 157 Å². The summed E-state index contributed by atoms with van der Waals surface area (Å²) < 4.78 is 13.1. The highest BCUT2D eigenvalue weighted by molar-refractivity contribution is 5.90. The number of benzene rings is 3. The van der Waals surface area contributed by atoms with E-state index in [1.165, 1.54) is 17.7 Å². The maximum atomic E-state index is 13.1. The smallest absolute Gasteiger partial charge is 0.229 e. The third-order valence-electron chi connectivity index (χ3n) is 4.28. The second-order valence-corrected chi connectivity index (χ2v) is 6.38. The van der Waals surface area contributed by atoms with Crippen molar-refractivity contribution in [3.63, 3.8) is 0 Å². The predicted octanol–water partition coefficient (Wildman–Crippen LogP) is 5.43. The van der Waals surface area contributed by atoms with E-state index in [0.29, 0.717) is 12.5 Å². The average molecular weight is 358 g/mol. The van der Waals surface area contributed by atoms with Crippen molar-refractivity contribution in [3.8, 4) is 0 Å².